The van der Waals surface area contributed by atoms with Crippen LogP contribution in [-0.4, -0.2) is 35.6 Å². The number of benzene rings is 2. The van der Waals surface area contributed by atoms with E-state index < -0.39 is 0 Å². The summed E-state index contributed by atoms with van der Waals surface area (Å²) in [7, 11) is 0. The van der Waals surface area contributed by atoms with Crippen molar-refractivity contribution in [3.05, 3.63) is 58.9 Å². The van der Waals surface area contributed by atoms with Crippen molar-refractivity contribution in [1.82, 2.24) is 4.90 Å². The number of hydrogen-bond donors (Lipinski definition) is 1. The SMILES string of the molecule is O=C(CCSc1ccccc1F)Nc1cc(Cl)ccc1C(=O)N1CCCCC1. The second-order valence-electron chi connectivity index (χ2n) is 6.62. The van der Waals surface area contributed by atoms with E-state index in [0.29, 0.717) is 26.9 Å². The van der Waals surface area contributed by atoms with Gasteiger partial charge in [-0.1, -0.05) is 23.7 Å². The quantitative estimate of drug-likeness (QED) is 0.651. The molecule has 0 aromatic heterocycles. The third-order valence-electron chi connectivity index (χ3n) is 4.55. The number of rotatable bonds is 6. The number of carbonyl (C=O) groups excluding carboxylic acids is 2. The molecule has 0 atom stereocenters. The van der Waals surface area contributed by atoms with Gasteiger partial charge in [0.05, 0.1) is 11.3 Å². The van der Waals surface area contributed by atoms with Crippen molar-refractivity contribution in [3.63, 3.8) is 0 Å². The number of carbonyl (C=O) groups is 2. The van der Waals surface area contributed by atoms with Gasteiger partial charge in [-0.05, 0) is 49.6 Å². The molecule has 1 aliphatic heterocycles. The Bertz CT molecular complexity index is 856. The lowest BCUT2D eigenvalue weighted by molar-refractivity contribution is -0.115. The van der Waals surface area contributed by atoms with E-state index in [1.54, 1.807) is 36.4 Å². The Morgan fingerprint density at radius 3 is 2.61 bits per heavy atom. The fourth-order valence-corrected chi connectivity index (χ4v) is 4.16. The molecular weight excluding hydrogens is 399 g/mol. The number of nitrogens with one attached hydrogen (secondary N) is 1. The molecule has 0 aliphatic carbocycles. The van der Waals surface area contributed by atoms with E-state index in [2.05, 4.69) is 5.32 Å². The first kappa shape index (κ1) is 20.7. The van der Waals surface area contributed by atoms with Crippen LogP contribution in [0.15, 0.2) is 47.4 Å². The third-order valence-corrected chi connectivity index (χ3v) is 5.84. The van der Waals surface area contributed by atoms with Gasteiger partial charge in [0, 0.05) is 35.2 Å². The predicted molar refractivity (Wildman–Crippen MR) is 112 cm³/mol. The fourth-order valence-electron chi connectivity index (χ4n) is 3.10. The molecule has 7 heteroatoms. The minimum absolute atomic E-state index is 0.0904. The summed E-state index contributed by atoms with van der Waals surface area (Å²) in [4.78, 5) is 27.5. The zero-order valence-electron chi connectivity index (χ0n) is 15.4. The Labute approximate surface area is 173 Å². The molecule has 28 heavy (non-hydrogen) atoms. The standard InChI is InChI=1S/C21H22ClFN2O2S/c22-15-8-9-16(21(27)25-11-4-1-5-12-25)18(14-15)24-20(26)10-13-28-19-7-3-2-6-17(19)23/h2-3,6-9,14H,1,4-5,10-13H2,(H,24,26). The van der Waals surface area contributed by atoms with Gasteiger partial charge in [0.15, 0.2) is 0 Å². The first-order valence-corrected chi connectivity index (χ1v) is 10.7. The maximum absolute atomic E-state index is 13.6. The molecule has 0 radical (unpaired) electrons. The molecule has 0 spiro atoms. The van der Waals surface area contributed by atoms with Crippen LogP contribution in [0, 0.1) is 5.82 Å². The van der Waals surface area contributed by atoms with Crippen LogP contribution in [0.1, 0.15) is 36.0 Å². The summed E-state index contributed by atoms with van der Waals surface area (Å²) in [6, 6.07) is 11.4. The van der Waals surface area contributed by atoms with Crippen LogP contribution in [0.25, 0.3) is 0 Å². The Morgan fingerprint density at radius 2 is 1.86 bits per heavy atom. The lowest BCUT2D eigenvalue weighted by atomic mass is 10.1. The van der Waals surface area contributed by atoms with E-state index in [4.69, 9.17) is 11.6 Å². The molecule has 2 aromatic rings. The number of nitrogens with zero attached hydrogens (tertiary/aromatic N) is 1. The monoisotopic (exact) mass is 420 g/mol. The minimum Gasteiger partial charge on any atom is -0.339 e. The van der Waals surface area contributed by atoms with Crippen LogP contribution < -0.4 is 5.32 Å². The lowest BCUT2D eigenvalue weighted by Gasteiger charge is -2.27. The topological polar surface area (TPSA) is 49.4 Å². The van der Waals surface area contributed by atoms with Crippen molar-refractivity contribution in [2.45, 2.75) is 30.6 Å². The second-order valence-corrected chi connectivity index (χ2v) is 8.19. The van der Waals surface area contributed by atoms with E-state index in [1.807, 2.05) is 4.90 Å². The molecule has 1 saturated heterocycles. The van der Waals surface area contributed by atoms with E-state index in [-0.39, 0.29) is 24.1 Å². The Morgan fingerprint density at radius 1 is 1.11 bits per heavy atom. The fraction of sp³-hybridized carbons (Fsp3) is 0.333. The van der Waals surface area contributed by atoms with Crippen LogP contribution in [-0.2, 0) is 4.79 Å². The lowest BCUT2D eigenvalue weighted by Crippen LogP contribution is -2.36. The Kier molecular flexibility index (Phi) is 7.34. The summed E-state index contributed by atoms with van der Waals surface area (Å²) < 4.78 is 13.6. The van der Waals surface area contributed by atoms with Gasteiger partial charge in [-0.3, -0.25) is 9.59 Å². The van der Waals surface area contributed by atoms with Crippen molar-refractivity contribution in [1.29, 1.82) is 0 Å². The normalized spacial score (nSPS) is 14.0. The number of amides is 2. The van der Waals surface area contributed by atoms with Crippen molar-refractivity contribution < 1.29 is 14.0 Å². The molecule has 2 aromatic carbocycles. The maximum atomic E-state index is 13.6. The summed E-state index contributed by atoms with van der Waals surface area (Å²) in [6.07, 6.45) is 3.32. The van der Waals surface area contributed by atoms with Gasteiger partial charge in [-0.25, -0.2) is 4.39 Å². The number of piperidine rings is 1. The molecule has 0 unspecified atom stereocenters. The molecule has 0 saturated carbocycles. The van der Waals surface area contributed by atoms with Crippen molar-refractivity contribution in [3.8, 4) is 0 Å². The van der Waals surface area contributed by atoms with Gasteiger partial charge in [0.1, 0.15) is 5.82 Å². The molecule has 1 heterocycles. The first-order valence-electron chi connectivity index (χ1n) is 9.30. The molecule has 3 rings (SSSR count). The number of halogens is 2. The Balaban J connectivity index is 1.62. The van der Waals surface area contributed by atoms with E-state index in [1.165, 1.54) is 17.8 Å². The summed E-state index contributed by atoms with van der Waals surface area (Å²) in [6.45, 7) is 1.46. The van der Waals surface area contributed by atoms with E-state index in [0.717, 1.165) is 32.4 Å². The molecule has 2 amide bonds. The van der Waals surface area contributed by atoms with Crippen LogP contribution in [0.3, 0.4) is 0 Å². The van der Waals surface area contributed by atoms with Gasteiger partial charge in [-0.15, -0.1) is 11.8 Å². The van der Waals surface area contributed by atoms with Crippen LogP contribution in [0.5, 0.6) is 0 Å². The number of likely N-dealkylation sites (tertiary alicyclic amines) is 1. The summed E-state index contributed by atoms with van der Waals surface area (Å²) in [5, 5.41) is 3.24. The highest BCUT2D eigenvalue weighted by atomic mass is 35.5. The van der Waals surface area contributed by atoms with Crippen molar-refractivity contribution in [2.24, 2.45) is 0 Å². The Hall–Kier alpha value is -2.05. The molecular formula is C21H22ClFN2O2S. The first-order chi connectivity index (χ1) is 13.5. The van der Waals surface area contributed by atoms with Gasteiger partial charge < -0.3 is 10.2 Å². The molecule has 0 bridgehead atoms. The molecule has 1 aliphatic rings. The van der Waals surface area contributed by atoms with Crippen LogP contribution >= 0.6 is 23.4 Å². The smallest absolute Gasteiger partial charge is 0.255 e. The average Bonchev–Trinajstić information content (AvgIpc) is 2.70. The zero-order valence-corrected chi connectivity index (χ0v) is 17.0. The van der Waals surface area contributed by atoms with Crippen molar-refractivity contribution >= 4 is 40.9 Å². The largest absolute Gasteiger partial charge is 0.339 e. The molecule has 4 nitrogen and oxygen atoms in total. The highest BCUT2D eigenvalue weighted by Gasteiger charge is 2.21. The molecule has 1 N–H and O–H groups in total. The number of anilines is 1. The third kappa shape index (κ3) is 5.49. The summed E-state index contributed by atoms with van der Waals surface area (Å²) in [5.41, 5.74) is 0.866. The maximum Gasteiger partial charge on any atom is 0.255 e. The van der Waals surface area contributed by atoms with Gasteiger partial charge in [-0.2, -0.15) is 0 Å². The zero-order chi connectivity index (χ0) is 19.9. The average molecular weight is 421 g/mol. The van der Waals surface area contributed by atoms with Crippen LogP contribution in [0.4, 0.5) is 10.1 Å². The molecule has 148 valence electrons. The molecule has 1 fully saturated rings. The second kappa shape index (κ2) is 9.94. The number of hydrogen-bond acceptors (Lipinski definition) is 3. The predicted octanol–water partition coefficient (Wildman–Crippen LogP) is 5.23. The van der Waals surface area contributed by atoms with E-state index >= 15 is 0 Å². The van der Waals surface area contributed by atoms with Crippen LogP contribution in [0.2, 0.25) is 5.02 Å². The minimum atomic E-state index is -0.294. The summed E-state index contributed by atoms with van der Waals surface area (Å²) >= 11 is 7.36. The highest BCUT2D eigenvalue weighted by Crippen LogP contribution is 2.25. The summed E-state index contributed by atoms with van der Waals surface area (Å²) in [5.74, 6) is -0.189. The van der Waals surface area contributed by atoms with Gasteiger partial charge in [0.25, 0.3) is 5.91 Å². The van der Waals surface area contributed by atoms with Gasteiger partial charge >= 0.3 is 0 Å². The number of thioether (sulfide) groups is 1. The van der Waals surface area contributed by atoms with Crippen molar-refractivity contribution in [2.75, 3.05) is 24.2 Å². The van der Waals surface area contributed by atoms with E-state index in [9.17, 15) is 14.0 Å². The van der Waals surface area contributed by atoms with Gasteiger partial charge in [0.2, 0.25) is 5.91 Å². The highest BCUT2D eigenvalue weighted by molar-refractivity contribution is 7.99.